The molecule has 0 aliphatic carbocycles. The molecule has 114 valence electrons. The summed E-state index contributed by atoms with van der Waals surface area (Å²) in [6.45, 7) is -0.192. The average Bonchev–Trinajstić information content (AvgIpc) is 2.42. The summed E-state index contributed by atoms with van der Waals surface area (Å²) < 4.78 is 5.09. The van der Waals surface area contributed by atoms with Gasteiger partial charge in [-0.05, 0) is 24.3 Å². The lowest BCUT2D eigenvalue weighted by atomic mass is 10.3. The van der Waals surface area contributed by atoms with Crippen LogP contribution in [-0.4, -0.2) is 35.8 Å². The average molecular weight is 311 g/mol. The predicted octanol–water partition coefficient (Wildman–Crippen LogP) is 0.0978. The van der Waals surface area contributed by atoms with Gasteiger partial charge in [0, 0.05) is 17.9 Å². The summed E-state index contributed by atoms with van der Waals surface area (Å²) in [5, 5.41) is 2.71. The molecule has 7 nitrogen and oxygen atoms in total. The quantitative estimate of drug-likeness (QED) is 0.558. The van der Waals surface area contributed by atoms with Gasteiger partial charge in [0.05, 0.1) is 5.75 Å². The largest absolute Gasteiger partial charge is 0.484 e. The van der Waals surface area contributed by atoms with Gasteiger partial charge < -0.3 is 21.5 Å². The second-order valence-corrected chi connectivity index (χ2v) is 5.20. The van der Waals surface area contributed by atoms with Gasteiger partial charge >= 0.3 is 0 Å². The maximum Gasteiger partial charge on any atom is 0.255 e. The lowest BCUT2D eigenvalue weighted by Gasteiger charge is -2.07. The topological polar surface area (TPSA) is 125 Å². The van der Waals surface area contributed by atoms with Gasteiger partial charge in [-0.3, -0.25) is 14.4 Å². The van der Waals surface area contributed by atoms with Crippen molar-refractivity contribution >= 4 is 35.2 Å². The fraction of sp³-hybridized carbons (Fsp3) is 0.308. The van der Waals surface area contributed by atoms with E-state index in [2.05, 4.69) is 5.32 Å². The highest BCUT2D eigenvalue weighted by Crippen LogP contribution is 2.16. The van der Waals surface area contributed by atoms with E-state index in [0.717, 1.165) is 0 Å². The van der Waals surface area contributed by atoms with E-state index in [4.69, 9.17) is 16.2 Å². The Morgan fingerprint density at radius 3 is 2.33 bits per heavy atom. The molecule has 0 saturated heterocycles. The number of anilines is 1. The molecule has 1 rings (SSSR count). The van der Waals surface area contributed by atoms with Gasteiger partial charge in [0.2, 0.25) is 11.8 Å². The van der Waals surface area contributed by atoms with Crippen molar-refractivity contribution in [3.8, 4) is 5.75 Å². The molecule has 3 amide bonds. The predicted molar refractivity (Wildman–Crippen MR) is 80.9 cm³/mol. The molecule has 1 aromatic rings. The minimum atomic E-state index is -0.555. The minimum absolute atomic E-state index is 0.155. The van der Waals surface area contributed by atoms with Crippen LogP contribution in [0.4, 0.5) is 5.69 Å². The van der Waals surface area contributed by atoms with Gasteiger partial charge in [0.15, 0.2) is 6.61 Å². The zero-order valence-electron chi connectivity index (χ0n) is 11.3. The van der Waals surface area contributed by atoms with Crippen molar-refractivity contribution in [2.45, 2.75) is 6.42 Å². The number of carbonyl (C=O) groups excluding carboxylic acids is 3. The van der Waals surface area contributed by atoms with E-state index in [-0.39, 0.29) is 24.7 Å². The summed E-state index contributed by atoms with van der Waals surface area (Å²) in [5.41, 5.74) is 10.6. The molecule has 0 heterocycles. The molecule has 0 fully saturated rings. The number of benzene rings is 1. The second kappa shape index (κ2) is 8.85. The van der Waals surface area contributed by atoms with E-state index in [1.165, 1.54) is 11.8 Å². The number of amides is 3. The van der Waals surface area contributed by atoms with Crippen LogP contribution in [0.1, 0.15) is 6.42 Å². The first kappa shape index (κ1) is 16.8. The molecule has 0 bridgehead atoms. The molecule has 8 heteroatoms. The van der Waals surface area contributed by atoms with Crippen LogP contribution >= 0.6 is 11.8 Å². The van der Waals surface area contributed by atoms with E-state index in [1.807, 2.05) is 0 Å². The number of hydrogen-bond acceptors (Lipinski definition) is 5. The monoisotopic (exact) mass is 311 g/mol. The van der Waals surface area contributed by atoms with Crippen LogP contribution in [-0.2, 0) is 14.4 Å². The van der Waals surface area contributed by atoms with Crippen molar-refractivity contribution in [2.24, 2.45) is 11.5 Å². The van der Waals surface area contributed by atoms with Gasteiger partial charge in [-0.15, -0.1) is 0 Å². The molecular weight excluding hydrogens is 294 g/mol. The zero-order chi connectivity index (χ0) is 15.7. The number of ether oxygens (including phenoxy) is 1. The maximum atomic E-state index is 11.6. The standard InChI is InChI=1S/C13H17N3O4S/c14-11(17)7-20-10-3-1-9(2-4-10)16-13(19)5-6-21-8-12(15)18/h1-4H,5-8H2,(H2,14,17)(H2,15,18)(H,16,19). The fourth-order valence-electron chi connectivity index (χ4n) is 1.35. The summed E-state index contributed by atoms with van der Waals surface area (Å²) in [6, 6.07) is 6.57. The summed E-state index contributed by atoms with van der Waals surface area (Å²) in [6.07, 6.45) is 0.290. The van der Waals surface area contributed by atoms with Crippen molar-refractivity contribution < 1.29 is 19.1 Å². The molecule has 0 aliphatic heterocycles. The molecule has 21 heavy (non-hydrogen) atoms. The number of nitrogens with two attached hydrogens (primary N) is 2. The highest BCUT2D eigenvalue weighted by Gasteiger charge is 2.04. The summed E-state index contributed by atoms with van der Waals surface area (Å²) in [4.78, 5) is 32.7. The SMILES string of the molecule is NC(=O)COc1ccc(NC(=O)CCSCC(N)=O)cc1. The first-order valence-electron chi connectivity index (χ1n) is 6.14. The Bertz CT molecular complexity index is 505. The maximum absolute atomic E-state index is 11.6. The molecule has 0 atom stereocenters. The number of nitrogens with one attached hydrogen (secondary N) is 1. The van der Waals surface area contributed by atoms with E-state index < -0.39 is 11.8 Å². The van der Waals surface area contributed by atoms with E-state index in [1.54, 1.807) is 24.3 Å². The first-order chi connectivity index (χ1) is 9.97. The van der Waals surface area contributed by atoms with Crippen LogP contribution in [0.25, 0.3) is 0 Å². The van der Waals surface area contributed by atoms with Gasteiger partial charge in [-0.1, -0.05) is 0 Å². The molecule has 1 aromatic carbocycles. The Kier molecular flexibility index (Phi) is 7.10. The number of rotatable bonds is 9. The first-order valence-corrected chi connectivity index (χ1v) is 7.30. The normalized spacial score (nSPS) is 9.90. The Morgan fingerprint density at radius 2 is 1.76 bits per heavy atom. The van der Waals surface area contributed by atoms with Crippen LogP contribution in [0.5, 0.6) is 5.75 Å². The molecule has 0 aromatic heterocycles. The zero-order valence-corrected chi connectivity index (χ0v) is 12.2. The Labute approximate surface area is 126 Å². The van der Waals surface area contributed by atoms with E-state index in [9.17, 15) is 14.4 Å². The fourth-order valence-corrected chi connectivity index (χ4v) is 2.03. The number of hydrogen-bond donors (Lipinski definition) is 3. The molecular formula is C13H17N3O4S. The lowest BCUT2D eigenvalue weighted by molar-refractivity contribution is -0.120. The van der Waals surface area contributed by atoms with Gasteiger partial charge in [-0.2, -0.15) is 11.8 Å². The Hall–Kier alpha value is -2.22. The van der Waals surface area contributed by atoms with Crippen LogP contribution < -0.4 is 21.5 Å². The van der Waals surface area contributed by atoms with Crippen LogP contribution in [0.3, 0.4) is 0 Å². The number of carbonyl (C=O) groups is 3. The molecule has 0 radical (unpaired) electrons. The minimum Gasteiger partial charge on any atom is -0.484 e. The van der Waals surface area contributed by atoms with Gasteiger partial charge in [0.25, 0.3) is 5.91 Å². The van der Waals surface area contributed by atoms with E-state index >= 15 is 0 Å². The third-order valence-electron chi connectivity index (χ3n) is 2.24. The van der Waals surface area contributed by atoms with Crippen LogP contribution in [0.2, 0.25) is 0 Å². The molecule has 0 saturated carbocycles. The van der Waals surface area contributed by atoms with Gasteiger partial charge in [-0.25, -0.2) is 0 Å². The lowest BCUT2D eigenvalue weighted by Crippen LogP contribution is -2.20. The third kappa shape index (κ3) is 7.83. The smallest absolute Gasteiger partial charge is 0.255 e. The van der Waals surface area contributed by atoms with Crippen molar-refractivity contribution in [1.29, 1.82) is 0 Å². The molecule has 5 N–H and O–H groups in total. The molecule has 0 aliphatic rings. The van der Waals surface area contributed by atoms with Crippen molar-refractivity contribution in [3.63, 3.8) is 0 Å². The van der Waals surface area contributed by atoms with Crippen molar-refractivity contribution in [3.05, 3.63) is 24.3 Å². The Morgan fingerprint density at radius 1 is 1.10 bits per heavy atom. The van der Waals surface area contributed by atoms with Crippen molar-refractivity contribution in [2.75, 3.05) is 23.4 Å². The Balaban J connectivity index is 2.32. The summed E-state index contributed by atoms with van der Waals surface area (Å²) >= 11 is 1.31. The highest BCUT2D eigenvalue weighted by molar-refractivity contribution is 7.99. The van der Waals surface area contributed by atoms with Crippen molar-refractivity contribution in [1.82, 2.24) is 0 Å². The van der Waals surface area contributed by atoms with Crippen LogP contribution in [0, 0.1) is 0 Å². The molecule has 0 spiro atoms. The second-order valence-electron chi connectivity index (χ2n) is 4.10. The number of primary amides is 2. The third-order valence-corrected chi connectivity index (χ3v) is 3.22. The summed E-state index contributed by atoms with van der Waals surface area (Å²) in [7, 11) is 0. The van der Waals surface area contributed by atoms with Crippen LogP contribution in [0.15, 0.2) is 24.3 Å². The molecule has 0 unspecified atom stereocenters. The van der Waals surface area contributed by atoms with E-state index in [0.29, 0.717) is 17.2 Å². The summed E-state index contributed by atoms with van der Waals surface area (Å²) in [5.74, 6) is 0.114. The number of thioether (sulfide) groups is 1. The van der Waals surface area contributed by atoms with Gasteiger partial charge in [0.1, 0.15) is 5.75 Å². The highest BCUT2D eigenvalue weighted by atomic mass is 32.2.